The Kier molecular flexibility index (Phi) is 2.67. The van der Waals surface area contributed by atoms with E-state index in [9.17, 15) is 5.21 Å². The summed E-state index contributed by atoms with van der Waals surface area (Å²) in [4.78, 5) is 0. The van der Waals surface area contributed by atoms with Gasteiger partial charge in [0.15, 0.2) is 0 Å². The molecular weight excluding hydrogens is 178 g/mol. The normalized spacial score (nSPS) is 25.6. The summed E-state index contributed by atoms with van der Waals surface area (Å²) < 4.78 is 5.61. The van der Waals surface area contributed by atoms with Crippen LogP contribution >= 0.6 is 0 Å². The molecule has 0 aliphatic carbocycles. The number of hydrogen-bond acceptors (Lipinski definition) is 3. The van der Waals surface area contributed by atoms with Crippen LogP contribution in [0.3, 0.4) is 0 Å². The van der Waals surface area contributed by atoms with Crippen LogP contribution in [0.1, 0.15) is 41.5 Å². The highest BCUT2D eigenvalue weighted by Gasteiger charge is 2.50. The van der Waals surface area contributed by atoms with Gasteiger partial charge in [-0.05, 0) is 47.1 Å². The highest BCUT2D eigenvalue weighted by Crippen LogP contribution is 2.43. The van der Waals surface area contributed by atoms with Gasteiger partial charge in [0.2, 0.25) is 0 Å². The number of nitrogens with zero attached hydrogens (tertiary/aromatic N) is 1. The zero-order chi connectivity index (χ0) is 11.1. The van der Waals surface area contributed by atoms with Crippen molar-refractivity contribution in [3.05, 3.63) is 11.3 Å². The Labute approximate surface area is 86.3 Å². The van der Waals surface area contributed by atoms with Crippen LogP contribution < -0.4 is 0 Å². The van der Waals surface area contributed by atoms with Crippen molar-refractivity contribution in [1.82, 2.24) is 5.06 Å². The predicted octanol–water partition coefficient (Wildman–Crippen LogP) is 2.56. The van der Waals surface area contributed by atoms with Crippen LogP contribution in [0.15, 0.2) is 11.3 Å². The van der Waals surface area contributed by atoms with Crippen LogP contribution in [-0.4, -0.2) is 28.0 Å². The third kappa shape index (κ3) is 1.35. The smallest absolute Gasteiger partial charge is 0.119 e. The first-order valence-electron chi connectivity index (χ1n) is 5.10. The van der Waals surface area contributed by atoms with E-state index in [2.05, 4.69) is 0 Å². The molecule has 0 radical (unpaired) electrons. The number of rotatable bonds is 2. The first kappa shape index (κ1) is 11.5. The molecular formula is C11H21NO2. The second-order valence-corrected chi connectivity index (χ2v) is 4.82. The molecule has 0 spiro atoms. The third-order valence-electron chi connectivity index (χ3n) is 3.16. The number of hydrogen-bond donors (Lipinski definition) is 1. The fourth-order valence-corrected chi connectivity index (χ4v) is 2.12. The Morgan fingerprint density at radius 1 is 1.21 bits per heavy atom. The van der Waals surface area contributed by atoms with E-state index < -0.39 is 5.54 Å². The average molecular weight is 199 g/mol. The maximum absolute atomic E-state index is 10.1. The Morgan fingerprint density at radius 2 is 1.71 bits per heavy atom. The quantitative estimate of drug-likeness (QED) is 0.742. The molecule has 3 nitrogen and oxygen atoms in total. The maximum Gasteiger partial charge on any atom is 0.119 e. The van der Waals surface area contributed by atoms with Gasteiger partial charge in [0.05, 0.1) is 17.7 Å². The van der Waals surface area contributed by atoms with E-state index in [4.69, 9.17) is 4.74 Å². The fraction of sp³-hybridized carbons (Fsp3) is 0.818. The minimum Gasteiger partial charge on any atom is -0.496 e. The van der Waals surface area contributed by atoms with Gasteiger partial charge in [-0.1, -0.05) is 0 Å². The van der Waals surface area contributed by atoms with Crippen molar-refractivity contribution in [2.45, 2.75) is 52.6 Å². The Balaban J connectivity index is 3.16. The summed E-state index contributed by atoms with van der Waals surface area (Å²) in [7, 11) is 0. The summed E-state index contributed by atoms with van der Waals surface area (Å²) in [5.74, 6) is 0.896. The van der Waals surface area contributed by atoms with E-state index in [1.54, 1.807) is 0 Å². The minimum absolute atomic E-state index is 0.339. The van der Waals surface area contributed by atoms with Crippen molar-refractivity contribution in [3.8, 4) is 0 Å². The lowest BCUT2D eigenvalue weighted by atomic mass is 9.98. The van der Waals surface area contributed by atoms with Gasteiger partial charge in [0, 0.05) is 0 Å². The first-order valence-corrected chi connectivity index (χ1v) is 5.10. The predicted molar refractivity (Wildman–Crippen MR) is 56.1 cm³/mol. The zero-order valence-corrected chi connectivity index (χ0v) is 10.0. The molecule has 0 fully saturated rings. The number of hydroxylamine groups is 2. The summed E-state index contributed by atoms with van der Waals surface area (Å²) in [5, 5.41) is 11.4. The van der Waals surface area contributed by atoms with E-state index in [0.29, 0.717) is 6.61 Å². The van der Waals surface area contributed by atoms with Crippen molar-refractivity contribution in [3.63, 3.8) is 0 Å². The minimum atomic E-state index is -0.427. The summed E-state index contributed by atoms with van der Waals surface area (Å²) in [6.07, 6.45) is 0. The molecule has 1 rings (SSSR count). The lowest BCUT2D eigenvalue weighted by Crippen LogP contribution is -2.48. The van der Waals surface area contributed by atoms with E-state index in [1.807, 2.05) is 41.5 Å². The highest BCUT2D eigenvalue weighted by molar-refractivity contribution is 5.33. The van der Waals surface area contributed by atoms with Gasteiger partial charge in [0.25, 0.3) is 0 Å². The molecule has 1 N–H and O–H groups in total. The molecule has 1 aliphatic heterocycles. The molecule has 0 bridgehead atoms. The summed E-state index contributed by atoms with van der Waals surface area (Å²) >= 11 is 0. The standard InChI is InChI=1S/C11H21NO2/c1-7-14-9-8(2)10(3,4)12(13)11(9,5)6/h13H,7H2,1-6H3. The van der Waals surface area contributed by atoms with Crippen LogP contribution in [-0.2, 0) is 4.74 Å². The monoisotopic (exact) mass is 199 g/mol. The Hall–Kier alpha value is -0.540. The third-order valence-corrected chi connectivity index (χ3v) is 3.16. The summed E-state index contributed by atoms with van der Waals surface area (Å²) in [6, 6.07) is 0. The number of ether oxygens (including phenoxy) is 1. The Morgan fingerprint density at radius 3 is 2.00 bits per heavy atom. The molecule has 82 valence electrons. The lowest BCUT2D eigenvalue weighted by Gasteiger charge is -2.35. The van der Waals surface area contributed by atoms with Crippen molar-refractivity contribution in [1.29, 1.82) is 0 Å². The molecule has 0 aromatic carbocycles. The SMILES string of the molecule is CCOC1=C(C)C(C)(C)N(O)C1(C)C. The molecule has 0 saturated carbocycles. The van der Waals surface area contributed by atoms with Gasteiger partial charge in [-0.3, -0.25) is 0 Å². The highest BCUT2D eigenvalue weighted by atomic mass is 16.5. The van der Waals surface area contributed by atoms with Crippen LogP contribution in [0.25, 0.3) is 0 Å². The van der Waals surface area contributed by atoms with Crippen molar-refractivity contribution >= 4 is 0 Å². The van der Waals surface area contributed by atoms with Gasteiger partial charge in [0.1, 0.15) is 5.76 Å². The zero-order valence-electron chi connectivity index (χ0n) is 10.0. The first-order chi connectivity index (χ1) is 6.26. The average Bonchev–Trinajstić information content (AvgIpc) is 2.19. The summed E-state index contributed by atoms with van der Waals surface area (Å²) in [6.45, 7) is 12.5. The van der Waals surface area contributed by atoms with Crippen molar-refractivity contribution < 1.29 is 9.94 Å². The van der Waals surface area contributed by atoms with Crippen LogP contribution in [0.4, 0.5) is 0 Å². The second-order valence-electron chi connectivity index (χ2n) is 4.82. The summed E-state index contributed by atoms with van der Waals surface area (Å²) in [5.41, 5.74) is 0.337. The van der Waals surface area contributed by atoms with Gasteiger partial charge < -0.3 is 9.94 Å². The second kappa shape index (κ2) is 3.24. The molecule has 1 heterocycles. The molecule has 0 atom stereocenters. The Bertz CT molecular complexity index is 266. The molecule has 1 aliphatic rings. The molecule has 0 amide bonds. The molecule has 3 heteroatoms. The largest absolute Gasteiger partial charge is 0.496 e. The van der Waals surface area contributed by atoms with Crippen LogP contribution in [0.5, 0.6) is 0 Å². The van der Waals surface area contributed by atoms with Crippen molar-refractivity contribution in [2.75, 3.05) is 6.61 Å². The van der Waals surface area contributed by atoms with Crippen LogP contribution in [0.2, 0.25) is 0 Å². The van der Waals surface area contributed by atoms with Gasteiger partial charge in [-0.25, -0.2) is 0 Å². The maximum atomic E-state index is 10.1. The lowest BCUT2D eigenvalue weighted by molar-refractivity contribution is -0.193. The molecule has 0 unspecified atom stereocenters. The molecule has 0 aromatic heterocycles. The molecule has 0 aromatic rings. The van der Waals surface area contributed by atoms with Gasteiger partial charge in [-0.15, -0.1) is 0 Å². The van der Waals surface area contributed by atoms with Crippen LogP contribution in [0, 0.1) is 0 Å². The van der Waals surface area contributed by atoms with Gasteiger partial charge in [-0.2, -0.15) is 5.06 Å². The van der Waals surface area contributed by atoms with E-state index in [0.717, 1.165) is 11.3 Å². The fourth-order valence-electron chi connectivity index (χ4n) is 2.12. The van der Waals surface area contributed by atoms with E-state index in [-0.39, 0.29) is 5.54 Å². The van der Waals surface area contributed by atoms with E-state index >= 15 is 0 Å². The van der Waals surface area contributed by atoms with E-state index in [1.165, 1.54) is 5.06 Å². The molecule has 0 saturated heterocycles. The van der Waals surface area contributed by atoms with Gasteiger partial charge >= 0.3 is 0 Å². The van der Waals surface area contributed by atoms with Crippen molar-refractivity contribution in [2.24, 2.45) is 0 Å². The topological polar surface area (TPSA) is 32.7 Å². The molecule has 14 heavy (non-hydrogen) atoms.